The standard InChI is InChI=1S/C10H8F2O2/c1-2-8-7(6-13)4-3-5-9(8)14-10(11)12/h1,3-5,10,13H,6H2. The molecule has 0 atom stereocenters. The van der Waals surface area contributed by atoms with Crippen molar-refractivity contribution < 1.29 is 18.6 Å². The van der Waals surface area contributed by atoms with Crippen LogP contribution < -0.4 is 4.74 Å². The van der Waals surface area contributed by atoms with Gasteiger partial charge < -0.3 is 9.84 Å². The first-order valence-electron chi connectivity index (χ1n) is 3.83. The third-order valence-corrected chi connectivity index (χ3v) is 1.64. The van der Waals surface area contributed by atoms with Crippen LogP contribution >= 0.6 is 0 Å². The fourth-order valence-corrected chi connectivity index (χ4v) is 1.07. The molecule has 0 fully saturated rings. The highest BCUT2D eigenvalue weighted by Crippen LogP contribution is 2.23. The minimum Gasteiger partial charge on any atom is -0.433 e. The van der Waals surface area contributed by atoms with Crippen molar-refractivity contribution in [2.24, 2.45) is 0 Å². The molecule has 74 valence electrons. The van der Waals surface area contributed by atoms with Crippen molar-refractivity contribution in [3.63, 3.8) is 0 Å². The molecule has 14 heavy (non-hydrogen) atoms. The first-order valence-corrected chi connectivity index (χ1v) is 3.83. The topological polar surface area (TPSA) is 29.5 Å². The Labute approximate surface area is 80.1 Å². The van der Waals surface area contributed by atoms with Crippen molar-refractivity contribution in [3.05, 3.63) is 29.3 Å². The molecular weight excluding hydrogens is 190 g/mol. The van der Waals surface area contributed by atoms with Crippen LogP contribution in [0.15, 0.2) is 18.2 Å². The summed E-state index contributed by atoms with van der Waals surface area (Å²) in [5.74, 6) is 2.11. The van der Waals surface area contributed by atoms with Crippen molar-refractivity contribution in [2.75, 3.05) is 0 Å². The summed E-state index contributed by atoms with van der Waals surface area (Å²) >= 11 is 0. The Morgan fingerprint density at radius 2 is 2.21 bits per heavy atom. The molecule has 1 aromatic carbocycles. The molecule has 0 aliphatic heterocycles. The van der Waals surface area contributed by atoms with Gasteiger partial charge in [-0.25, -0.2) is 0 Å². The van der Waals surface area contributed by atoms with E-state index in [0.717, 1.165) is 0 Å². The average molecular weight is 198 g/mol. The van der Waals surface area contributed by atoms with E-state index in [2.05, 4.69) is 10.7 Å². The average Bonchev–Trinajstić information content (AvgIpc) is 2.16. The molecule has 1 rings (SSSR count). The highest BCUT2D eigenvalue weighted by atomic mass is 19.3. The molecule has 0 unspecified atom stereocenters. The molecule has 0 radical (unpaired) electrons. The van der Waals surface area contributed by atoms with E-state index in [1.165, 1.54) is 12.1 Å². The SMILES string of the molecule is C#Cc1c(CO)cccc1OC(F)F. The van der Waals surface area contributed by atoms with Crippen LogP contribution in [0.3, 0.4) is 0 Å². The van der Waals surface area contributed by atoms with Gasteiger partial charge in [-0.1, -0.05) is 18.1 Å². The summed E-state index contributed by atoms with van der Waals surface area (Å²) in [7, 11) is 0. The number of hydrogen-bond acceptors (Lipinski definition) is 2. The number of aliphatic hydroxyl groups is 1. The number of aliphatic hydroxyl groups excluding tert-OH is 1. The van der Waals surface area contributed by atoms with Gasteiger partial charge in [0.25, 0.3) is 0 Å². The minimum absolute atomic E-state index is 0.0888. The summed E-state index contributed by atoms with van der Waals surface area (Å²) in [6.45, 7) is -3.23. The maximum atomic E-state index is 11.9. The third kappa shape index (κ3) is 2.21. The Bertz CT molecular complexity index is 356. The summed E-state index contributed by atoms with van der Waals surface area (Å²) in [5.41, 5.74) is 0.556. The smallest absolute Gasteiger partial charge is 0.387 e. The second-order valence-electron chi connectivity index (χ2n) is 2.47. The Hall–Kier alpha value is -1.60. The first-order chi connectivity index (χ1) is 6.69. The predicted molar refractivity (Wildman–Crippen MR) is 46.9 cm³/mol. The molecule has 0 spiro atoms. The molecule has 1 N–H and O–H groups in total. The second-order valence-corrected chi connectivity index (χ2v) is 2.47. The zero-order valence-corrected chi connectivity index (χ0v) is 7.21. The zero-order chi connectivity index (χ0) is 10.6. The van der Waals surface area contributed by atoms with E-state index in [9.17, 15) is 8.78 Å². The summed E-state index contributed by atoms with van der Waals surface area (Å²) in [5, 5.41) is 8.87. The Morgan fingerprint density at radius 3 is 2.71 bits per heavy atom. The lowest BCUT2D eigenvalue weighted by Gasteiger charge is -2.09. The fourth-order valence-electron chi connectivity index (χ4n) is 1.07. The normalized spacial score (nSPS) is 9.93. The summed E-state index contributed by atoms with van der Waals surface area (Å²) < 4.78 is 28.0. The number of rotatable bonds is 3. The molecule has 0 aromatic heterocycles. The van der Waals surface area contributed by atoms with Crippen molar-refractivity contribution in [1.29, 1.82) is 0 Å². The Balaban J connectivity index is 3.10. The molecule has 0 aliphatic carbocycles. The summed E-state index contributed by atoms with van der Waals surface area (Å²) in [6, 6.07) is 4.37. The number of ether oxygens (including phenoxy) is 1. The molecule has 0 saturated heterocycles. The first kappa shape index (κ1) is 10.5. The van der Waals surface area contributed by atoms with Crippen molar-refractivity contribution in [3.8, 4) is 18.1 Å². The van der Waals surface area contributed by atoms with E-state index in [4.69, 9.17) is 11.5 Å². The maximum absolute atomic E-state index is 11.9. The van der Waals surface area contributed by atoms with Crippen LogP contribution in [0, 0.1) is 12.3 Å². The number of alkyl halides is 2. The van der Waals surface area contributed by atoms with Crippen LogP contribution in [0.25, 0.3) is 0 Å². The van der Waals surface area contributed by atoms with Crippen LogP contribution in [-0.2, 0) is 6.61 Å². The highest BCUT2D eigenvalue weighted by Gasteiger charge is 2.10. The lowest BCUT2D eigenvalue weighted by Crippen LogP contribution is -2.04. The summed E-state index contributed by atoms with van der Waals surface area (Å²) in [6.07, 6.45) is 5.12. The van der Waals surface area contributed by atoms with Gasteiger partial charge in [0.1, 0.15) is 5.75 Å². The van der Waals surface area contributed by atoms with Crippen molar-refractivity contribution >= 4 is 0 Å². The quantitative estimate of drug-likeness (QED) is 0.750. The van der Waals surface area contributed by atoms with Gasteiger partial charge in [-0.2, -0.15) is 8.78 Å². The number of halogens is 2. The van der Waals surface area contributed by atoms with E-state index in [1.807, 2.05) is 0 Å². The highest BCUT2D eigenvalue weighted by molar-refractivity contribution is 5.50. The van der Waals surface area contributed by atoms with Gasteiger partial charge in [-0.15, -0.1) is 6.42 Å². The second kappa shape index (κ2) is 4.58. The molecule has 0 heterocycles. The zero-order valence-electron chi connectivity index (χ0n) is 7.21. The van der Waals surface area contributed by atoms with Gasteiger partial charge in [0.05, 0.1) is 12.2 Å². The maximum Gasteiger partial charge on any atom is 0.387 e. The number of hydrogen-bond donors (Lipinski definition) is 1. The summed E-state index contributed by atoms with van der Waals surface area (Å²) in [4.78, 5) is 0. The van der Waals surface area contributed by atoms with Gasteiger partial charge in [-0.3, -0.25) is 0 Å². The molecule has 0 saturated carbocycles. The van der Waals surface area contributed by atoms with E-state index >= 15 is 0 Å². The van der Waals surface area contributed by atoms with E-state index in [0.29, 0.717) is 5.56 Å². The van der Waals surface area contributed by atoms with Crippen LogP contribution in [-0.4, -0.2) is 11.7 Å². The fraction of sp³-hybridized carbons (Fsp3) is 0.200. The Kier molecular flexibility index (Phi) is 3.43. The molecular formula is C10H8F2O2. The predicted octanol–water partition coefficient (Wildman–Crippen LogP) is 1.76. The van der Waals surface area contributed by atoms with Crippen LogP contribution in [0.1, 0.15) is 11.1 Å². The van der Waals surface area contributed by atoms with E-state index in [1.54, 1.807) is 6.07 Å². The lowest BCUT2D eigenvalue weighted by molar-refractivity contribution is -0.0501. The van der Waals surface area contributed by atoms with Crippen molar-refractivity contribution in [2.45, 2.75) is 13.2 Å². The number of terminal acetylenes is 1. The molecule has 0 bridgehead atoms. The van der Waals surface area contributed by atoms with E-state index in [-0.39, 0.29) is 17.9 Å². The van der Waals surface area contributed by atoms with Crippen LogP contribution in [0.2, 0.25) is 0 Å². The van der Waals surface area contributed by atoms with Crippen molar-refractivity contribution in [1.82, 2.24) is 0 Å². The molecule has 2 nitrogen and oxygen atoms in total. The largest absolute Gasteiger partial charge is 0.433 e. The lowest BCUT2D eigenvalue weighted by atomic mass is 10.1. The van der Waals surface area contributed by atoms with E-state index < -0.39 is 6.61 Å². The molecule has 4 heteroatoms. The van der Waals surface area contributed by atoms with Crippen LogP contribution in [0.4, 0.5) is 8.78 Å². The van der Waals surface area contributed by atoms with Gasteiger partial charge in [0.15, 0.2) is 0 Å². The third-order valence-electron chi connectivity index (χ3n) is 1.64. The molecule has 1 aromatic rings. The Morgan fingerprint density at radius 1 is 1.50 bits per heavy atom. The van der Waals surface area contributed by atoms with Gasteiger partial charge in [0, 0.05) is 0 Å². The molecule has 0 amide bonds. The van der Waals surface area contributed by atoms with Crippen LogP contribution in [0.5, 0.6) is 5.75 Å². The minimum atomic E-state index is -2.92. The number of benzene rings is 1. The van der Waals surface area contributed by atoms with Gasteiger partial charge in [0.2, 0.25) is 0 Å². The van der Waals surface area contributed by atoms with Gasteiger partial charge in [-0.05, 0) is 11.6 Å². The molecule has 0 aliphatic rings. The monoisotopic (exact) mass is 198 g/mol. The van der Waals surface area contributed by atoms with Gasteiger partial charge >= 0.3 is 6.61 Å².